The molecule has 0 radical (unpaired) electrons. The van der Waals surface area contributed by atoms with Crippen molar-refractivity contribution in [2.45, 2.75) is 6.61 Å². The zero-order valence-corrected chi connectivity index (χ0v) is 16.2. The molecule has 0 saturated carbocycles. The van der Waals surface area contributed by atoms with E-state index in [2.05, 4.69) is 4.74 Å². The Balaban J connectivity index is 1.76. The number of carbonyl (C=O) groups excluding carboxylic acids is 2. The van der Waals surface area contributed by atoms with E-state index in [1.54, 1.807) is 30.3 Å². The van der Waals surface area contributed by atoms with E-state index in [0.717, 1.165) is 0 Å². The molecule has 0 aliphatic carbocycles. The van der Waals surface area contributed by atoms with E-state index < -0.39 is 11.8 Å². The van der Waals surface area contributed by atoms with Crippen molar-refractivity contribution in [1.82, 2.24) is 0 Å². The summed E-state index contributed by atoms with van der Waals surface area (Å²) < 4.78 is 26.0. The van der Waals surface area contributed by atoms with Gasteiger partial charge in [0, 0.05) is 0 Å². The summed E-state index contributed by atoms with van der Waals surface area (Å²) in [7, 11) is 2.74. The number of hydrogen-bond donors (Lipinski definition) is 0. The molecule has 30 heavy (non-hydrogen) atoms. The predicted octanol–water partition coefficient (Wildman–Crippen LogP) is 4.04. The molecule has 1 aromatic carbocycles. The van der Waals surface area contributed by atoms with Crippen LogP contribution >= 0.6 is 0 Å². The average molecular weight is 407 g/mol. The van der Waals surface area contributed by atoms with Crippen molar-refractivity contribution >= 4 is 17.8 Å². The van der Waals surface area contributed by atoms with Crippen molar-refractivity contribution < 1.29 is 32.6 Å². The van der Waals surface area contributed by atoms with Gasteiger partial charge in [0.2, 0.25) is 11.5 Å². The van der Waals surface area contributed by atoms with Crippen LogP contribution in [0.3, 0.4) is 0 Å². The van der Waals surface area contributed by atoms with Gasteiger partial charge >= 0.3 is 5.97 Å². The van der Waals surface area contributed by atoms with Crippen molar-refractivity contribution in [3.63, 3.8) is 0 Å². The Morgan fingerprint density at radius 2 is 1.93 bits per heavy atom. The van der Waals surface area contributed by atoms with Gasteiger partial charge in [0.25, 0.3) is 0 Å². The van der Waals surface area contributed by atoms with Gasteiger partial charge in [-0.1, -0.05) is 6.07 Å². The van der Waals surface area contributed by atoms with Crippen LogP contribution in [0.1, 0.15) is 32.4 Å². The van der Waals surface area contributed by atoms with Crippen LogP contribution in [0, 0.1) is 11.3 Å². The Kier molecular flexibility index (Phi) is 6.35. The number of hydrogen-bond acceptors (Lipinski definition) is 8. The van der Waals surface area contributed by atoms with Crippen molar-refractivity contribution in [1.29, 1.82) is 5.26 Å². The standard InChI is InChI=1S/C22H17NO7/c1-26-20-11-14(10-15(12-23)21(24)18-4-3-9-28-18)5-7-17(20)29-13-16-6-8-19(30-16)22(25)27-2/h3-11H,13H2,1-2H3/b15-10+. The number of esters is 1. The second-order valence-corrected chi connectivity index (χ2v) is 5.93. The highest BCUT2D eigenvalue weighted by atomic mass is 16.5. The lowest BCUT2D eigenvalue weighted by molar-refractivity contribution is 0.0560. The maximum atomic E-state index is 12.3. The smallest absolute Gasteiger partial charge is 0.373 e. The van der Waals surface area contributed by atoms with Gasteiger partial charge in [0.1, 0.15) is 24.0 Å². The first kappa shape index (κ1) is 20.5. The summed E-state index contributed by atoms with van der Waals surface area (Å²) in [5.74, 6) is 0.312. The molecule has 0 atom stereocenters. The topological polar surface area (TPSA) is 112 Å². The van der Waals surface area contributed by atoms with E-state index in [1.165, 1.54) is 38.7 Å². The van der Waals surface area contributed by atoms with Crippen molar-refractivity contribution in [3.05, 3.63) is 77.1 Å². The fraction of sp³-hybridized carbons (Fsp3) is 0.136. The molecule has 0 spiro atoms. The highest BCUT2D eigenvalue weighted by molar-refractivity contribution is 6.12. The van der Waals surface area contributed by atoms with Crippen LogP contribution in [0.5, 0.6) is 11.5 Å². The number of carbonyl (C=O) groups is 2. The van der Waals surface area contributed by atoms with Gasteiger partial charge in [-0.25, -0.2) is 4.79 Å². The molecule has 0 aliphatic heterocycles. The minimum absolute atomic E-state index is 0.0585. The van der Waals surface area contributed by atoms with Crippen LogP contribution < -0.4 is 9.47 Å². The number of nitriles is 1. The van der Waals surface area contributed by atoms with Crippen LogP contribution in [0.15, 0.2) is 63.1 Å². The minimum atomic E-state index is -0.577. The fourth-order valence-electron chi connectivity index (χ4n) is 2.56. The summed E-state index contributed by atoms with van der Waals surface area (Å²) in [5.41, 5.74) is 0.494. The highest BCUT2D eigenvalue weighted by Gasteiger charge is 2.16. The first-order chi connectivity index (χ1) is 14.5. The van der Waals surface area contributed by atoms with Crippen LogP contribution in [-0.4, -0.2) is 26.0 Å². The molecule has 3 rings (SSSR count). The minimum Gasteiger partial charge on any atom is -0.493 e. The molecule has 0 unspecified atom stereocenters. The Bertz CT molecular complexity index is 1120. The van der Waals surface area contributed by atoms with Crippen LogP contribution in [0.25, 0.3) is 6.08 Å². The Morgan fingerprint density at radius 3 is 2.60 bits per heavy atom. The van der Waals surface area contributed by atoms with Crippen LogP contribution in [0.2, 0.25) is 0 Å². The molecule has 0 bridgehead atoms. The van der Waals surface area contributed by atoms with Gasteiger partial charge in [-0.05, 0) is 48.0 Å². The second kappa shape index (κ2) is 9.30. The number of rotatable bonds is 8. The number of methoxy groups -OCH3 is 2. The third-order valence-electron chi connectivity index (χ3n) is 4.03. The number of ether oxygens (including phenoxy) is 3. The quantitative estimate of drug-likeness (QED) is 0.238. The Labute approximate surface area is 171 Å². The number of Topliss-reactive ketones (excluding diaryl/α,β-unsaturated/α-hetero) is 1. The molecule has 0 amide bonds. The van der Waals surface area contributed by atoms with Crippen LogP contribution in [0.4, 0.5) is 0 Å². The number of ketones is 1. The van der Waals surface area contributed by atoms with E-state index >= 15 is 0 Å². The summed E-state index contributed by atoms with van der Waals surface area (Å²) in [4.78, 5) is 23.7. The van der Waals surface area contributed by atoms with Gasteiger partial charge in [-0.15, -0.1) is 0 Å². The third-order valence-corrected chi connectivity index (χ3v) is 4.03. The van der Waals surface area contributed by atoms with E-state index in [-0.39, 0.29) is 23.7 Å². The van der Waals surface area contributed by atoms with Crippen molar-refractivity contribution in [2.24, 2.45) is 0 Å². The average Bonchev–Trinajstić information content (AvgIpc) is 3.47. The van der Waals surface area contributed by atoms with E-state index in [1.807, 2.05) is 6.07 Å². The summed E-state index contributed by atoms with van der Waals surface area (Å²) in [6.45, 7) is 0.0585. The molecule has 8 heteroatoms. The van der Waals surface area contributed by atoms with Gasteiger partial charge in [0.15, 0.2) is 17.3 Å². The molecular weight excluding hydrogens is 390 g/mol. The third kappa shape index (κ3) is 4.59. The molecular formula is C22H17NO7. The van der Waals surface area contributed by atoms with Gasteiger partial charge < -0.3 is 23.0 Å². The van der Waals surface area contributed by atoms with E-state index in [9.17, 15) is 14.9 Å². The SMILES string of the molecule is COC(=O)c1ccc(COc2ccc(/C=C(\C#N)C(=O)c3ccco3)cc2OC)o1. The lowest BCUT2D eigenvalue weighted by atomic mass is 10.1. The molecule has 0 N–H and O–H groups in total. The first-order valence-corrected chi connectivity index (χ1v) is 8.73. The predicted molar refractivity (Wildman–Crippen MR) is 104 cm³/mol. The molecule has 2 heterocycles. The largest absolute Gasteiger partial charge is 0.493 e. The maximum absolute atomic E-state index is 12.3. The van der Waals surface area contributed by atoms with E-state index in [0.29, 0.717) is 22.8 Å². The molecule has 8 nitrogen and oxygen atoms in total. The summed E-state index contributed by atoms with van der Waals surface area (Å²) in [6.07, 6.45) is 2.80. The number of benzene rings is 1. The second-order valence-electron chi connectivity index (χ2n) is 5.93. The normalized spacial score (nSPS) is 10.9. The molecule has 152 valence electrons. The number of allylic oxidation sites excluding steroid dienone is 1. The molecule has 3 aromatic rings. The van der Waals surface area contributed by atoms with Crippen molar-refractivity contribution in [3.8, 4) is 17.6 Å². The monoisotopic (exact) mass is 407 g/mol. The summed E-state index contributed by atoms with van der Waals surface area (Å²) >= 11 is 0. The molecule has 2 aromatic heterocycles. The number of furan rings is 2. The Hall–Kier alpha value is -4.25. The highest BCUT2D eigenvalue weighted by Crippen LogP contribution is 2.30. The summed E-state index contributed by atoms with van der Waals surface area (Å²) in [6, 6.07) is 13.0. The first-order valence-electron chi connectivity index (χ1n) is 8.73. The Morgan fingerprint density at radius 1 is 1.10 bits per heavy atom. The van der Waals surface area contributed by atoms with Crippen molar-refractivity contribution in [2.75, 3.05) is 14.2 Å². The molecule has 0 aliphatic rings. The van der Waals surface area contributed by atoms with Gasteiger partial charge in [0.05, 0.1) is 20.5 Å². The van der Waals surface area contributed by atoms with Gasteiger partial charge in [-0.2, -0.15) is 5.26 Å². The maximum Gasteiger partial charge on any atom is 0.373 e. The summed E-state index contributed by atoms with van der Waals surface area (Å²) in [5, 5.41) is 9.33. The zero-order valence-electron chi connectivity index (χ0n) is 16.2. The lowest BCUT2D eigenvalue weighted by Crippen LogP contribution is -2.01. The number of nitrogens with zero attached hydrogens (tertiary/aromatic N) is 1. The van der Waals surface area contributed by atoms with Crippen LogP contribution in [-0.2, 0) is 11.3 Å². The van der Waals surface area contributed by atoms with Gasteiger partial charge in [-0.3, -0.25) is 4.79 Å². The lowest BCUT2D eigenvalue weighted by Gasteiger charge is -2.10. The van der Waals surface area contributed by atoms with E-state index in [4.69, 9.17) is 18.3 Å². The fourth-order valence-corrected chi connectivity index (χ4v) is 2.56. The molecule has 0 saturated heterocycles. The zero-order chi connectivity index (χ0) is 21.5. The molecule has 0 fully saturated rings.